The summed E-state index contributed by atoms with van der Waals surface area (Å²) in [6, 6.07) is 16.7. The molecule has 6 nitrogen and oxygen atoms in total. The van der Waals surface area contributed by atoms with Crippen molar-refractivity contribution in [1.82, 2.24) is 14.2 Å². The number of carbonyl (C=O) groups excluding carboxylic acids is 1. The van der Waals surface area contributed by atoms with Crippen LogP contribution in [0.15, 0.2) is 54.7 Å². The zero-order chi connectivity index (χ0) is 21.3. The Balaban J connectivity index is 1.54. The summed E-state index contributed by atoms with van der Waals surface area (Å²) < 4.78 is 7.35. The van der Waals surface area contributed by atoms with E-state index in [0.717, 1.165) is 48.7 Å². The summed E-state index contributed by atoms with van der Waals surface area (Å²) in [7, 11) is 7.91. The Hall–Kier alpha value is -2.99. The van der Waals surface area contributed by atoms with Gasteiger partial charge in [-0.2, -0.15) is 0 Å². The third-order valence-electron chi connectivity index (χ3n) is 6.03. The summed E-state index contributed by atoms with van der Waals surface area (Å²) in [5.41, 5.74) is 3.01. The summed E-state index contributed by atoms with van der Waals surface area (Å²) in [4.78, 5) is 19.4. The summed E-state index contributed by atoms with van der Waals surface area (Å²) >= 11 is 0. The van der Waals surface area contributed by atoms with Crippen molar-refractivity contribution in [3.63, 3.8) is 0 Å². The number of fused-ring (bicyclic) bond motifs is 1. The number of rotatable bonds is 6. The lowest BCUT2D eigenvalue weighted by Gasteiger charge is -2.21. The molecule has 158 valence electrons. The highest BCUT2D eigenvalue weighted by Gasteiger charge is 2.28. The Bertz CT molecular complexity index is 1030. The van der Waals surface area contributed by atoms with E-state index in [4.69, 9.17) is 4.74 Å². The third-order valence-corrected chi connectivity index (χ3v) is 6.03. The van der Waals surface area contributed by atoms with Gasteiger partial charge < -0.3 is 23.8 Å². The van der Waals surface area contributed by atoms with Crippen LogP contribution in [0, 0.1) is 0 Å². The first-order valence-corrected chi connectivity index (χ1v) is 10.4. The Morgan fingerprint density at radius 1 is 1.07 bits per heavy atom. The normalized spacial score (nSPS) is 16.4. The molecule has 1 amide bonds. The molecule has 0 spiro atoms. The average molecular weight is 407 g/mol. The molecule has 0 radical (unpaired) electrons. The molecular formula is C24H30N4O2. The Labute approximate surface area is 178 Å². The van der Waals surface area contributed by atoms with Gasteiger partial charge in [-0.1, -0.05) is 12.1 Å². The standard InChI is InChI=1S/C24H30N4O2/c1-25(2)21-13-14-27(17-21)24(29)19-7-8-20-9-12-23(28(20)16-19)26(3)15-18-5-10-22(30-4)11-6-18/h5-12,16,21H,13-15,17H2,1-4H3/t21-/m1/s1. The number of hydrogen-bond donors (Lipinski definition) is 0. The molecule has 6 heteroatoms. The number of likely N-dealkylation sites (tertiary alicyclic amines) is 1. The topological polar surface area (TPSA) is 40.4 Å². The molecule has 0 N–H and O–H groups in total. The van der Waals surface area contributed by atoms with Crippen LogP contribution in [-0.2, 0) is 6.54 Å². The lowest BCUT2D eigenvalue weighted by atomic mass is 10.2. The van der Waals surface area contributed by atoms with Gasteiger partial charge in [0.15, 0.2) is 0 Å². The van der Waals surface area contributed by atoms with Crippen molar-refractivity contribution in [2.45, 2.75) is 19.0 Å². The van der Waals surface area contributed by atoms with E-state index in [-0.39, 0.29) is 5.91 Å². The molecule has 1 aliphatic heterocycles. The molecule has 1 aliphatic rings. The summed E-state index contributed by atoms with van der Waals surface area (Å²) in [5.74, 6) is 2.03. The molecule has 1 aromatic carbocycles. The van der Waals surface area contributed by atoms with Crippen LogP contribution in [0.5, 0.6) is 5.75 Å². The number of amides is 1. The number of aromatic nitrogens is 1. The minimum absolute atomic E-state index is 0.110. The number of methoxy groups -OCH3 is 1. The van der Waals surface area contributed by atoms with Crippen molar-refractivity contribution in [3.05, 3.63) is 65.9 Å². The fourth-order valence-electron chi connectivity index (χ4n) is 4.14. The molecule has 0 bridgehead atoms. The lowest BCUT2D eigenvalue weighted by molar-refractivity contribution is 0.0782. The Morgan fingerprint density at radius 2 is 1.80 bits per heavy atom. The second-order valence-electron chi connectivity index (χ2n) is 8.27. The molecule has 4 rings (SSSR count). The lowest BCUT2D eigenvalue weighted by Crippen LogP contribution is -2.34. The molecular weight excluding hydrogens is 376 g/mol. The van der Waals surface area contributed by atoms with E-state index >= 15 is 0 Å². The van der Waals surface area contributed by atoms with Crippen LogP contribution < -0.4 is 9.64 Å². The molecule has 2 aromatic heterocycles. The monoisotopic (exact) mass is 406 g/mol. The fourth-order valence-corrected chi connectivity index (χ4v) is 4.14. The maximum absolute atomic E-state index is 13.1. The molecule has 0 aliphatic carbocycles. The second kappa shape index (κ2) is 8.40. The van der Waals surface area contributed by atoms with Crippen LogP contribution in [0.1, 0.15) is 22.3 Å². The summed E-state index contributed by atoms with van der Waals surface area (Å²) in [5, 5.41) is 0. The number of likely N-dealkylation sites (N-methyl/N-ethyl adjacent to an activating group) is 1. The highest BCUT2D eigenvalue weighted by Crippen LogP contribution is 2.23. The quantitative estimate of drug-likeness (QED) is 0.629. The number of anilines is 1. The van der Waals surface area contributed by atoms with E-state index in [1.165, 1.54) is 5.56 Å². The van der Waals surface area contributed by atoms with Gasteiger partial charge in [0, 0.05) is 44.4 Å². The van der Waals surface area contributed by atoms with Crippen molar-refractivity contribution in [3.8, 4) is 5.75 Å². The molecule has 1 atom stereocenters. The molecule has 0 unspecified atom stereocenters. The van der Waals surface area contributed by atoms with E-state index in [1.54, 1.807) is 7.11 Å². The second-order valence-corrected chi connectivity index (χ2v) is 8.27. The zero-order valence-electron chi connectivity index (χ0n) is 18.2. The first-order valence-electron chi connectivity index (χ1n) is 10.4. The van der Waals surface area contributed by atoms with Crippen LogP contribution in [0.25, 0.3) is 5.52 Å². The predicted octanol–water partition coefficient (Wildman–Crippen LogP) is 3.36. The third kappa shape index (κ3) is 4.00. The van der Waals surface area contributed by atoms with Crippen molar-refractivity contribution in [1.29, 1.82) is 0 Å². The van der Waals surface area contributed by atoms with Gasteiger partial charge in [-0.25, -0.2) is 0 Å². The zero-order valence-corrected chi connectivity index (χ0v) is 18.2. The largest absolute Gasteiger partial charge is 0.497 e. The number of pyridine rings is 1. The van der Waals surface area contributed by atoms with Gasteiger partial charge in [0.2, 0.25) is 0 Å². The minimum atomic E-state index is 0.110. The highest BCUT2D eigenvalue weighted by atomic mass is 16.5. The van der Waals surface area contributed by atoms with Crippen LogP contribution >= 0.6 is 0 Å². The van der Waals surface area contributed by atoms with Crippen molar-refractivity contribution in [2.24, 2.45) is 0 Å². The summed E-state index contributed by atoms with van der Waals surface area (Å²) in [6.07, 6.45) is 3.00. The van der Waals surface area contributed by atoms with Gasteiger partial charge >= 0.3 is 0 Å². The van der Waals surface area contributed by atoms with E-state index in [0.29, 0.717) is 6.04 Å². The minimum Gasteiger partial charge on any atom is -0.497 e. The Kier molecular flexibility index (Phi) is 5.68. The summed E-state index contributed by atoms with van der Waals surface area (Å²) in [6.45, 7) is 2.38. The molecule has 3 aromatic rings. The van der Waals surface area contributed by atoms with Crippen LogP contribution in [-0.4, -0.2) is 67.5 Å². The molecule has 1 fully saturated rings. The van der Waals surface area contributed by atoms with Crippen LogP contribution in [0.2, 0.25) is 0 Å². The van der Waals surface area contributed by atoms with Crippen LogP contribution in [0.3, 0.4) is 0 Å². The molecule has 30 heavy (non-hydrogen) atoms. The van der Waals surface area contributed by atoms with E-state index in [9.17, 15) is 4.79 Å². The number of ether oxygens (including phenoxy) is 1. The van der Waals surface area contributed by atoms with E-state index in [2.05, 4.69) is 59.6 Å². The molecule has 0 saturated carbocycles. The first kappa shape index (κ1) is 20.3. The molecule has 3 heterocycles. The predicted molar refractivity (Wildman–Crippen MR) is 120 cm³/mol. The van der Waals surface area contributed by atoms with Gasteiger partial charge in [0.05, 0.1) is 12.7 Å². The number of nitrogens with zero attached hydrogens (tertiary/aromatic N) is 4. The van der Waals surface area contributed by atoms with Crippen molar-refractivity contribution < 1.29 is 9.53 Å². The highest BCUT2D eigenvalue weighted by molar-refractivity contribution is 5.94. The van der Waals surface area contributed by atoms with Crippen LogP contribution in [0.4, 0.5) is 5.82 Å². The van der Waals surface area contributed by atoms with Crippen molar-refractivity contribution >= 4 is 17.2 Å². The van der Waals surface area contributed by atoms with Gasteiger partial charge in [0.1, 0.15) is 11.6 Å². The number of hydrogen-bond acceptors (Lipinski definition) is 4. The maximum Gasteiger partial charge on any atom is 0.255 e. The maximum atomic E-state index is 13.1. The molecule has 1 saturated heterocycles. The fraction of sp³-hybridized carbons (Fsp3) is 0.375. The number of carbonyl (C=O) groups is 1. The average Bonchev–Trinajstić information content (AvgIpc) is 3.41. The first-order chi connectivity index (χ1) is 14.5. The van der Waals surface area contributed by atoms with E-state index in [1.807, 2.05) is 35.4 Å². The SMILES string of the molecule is COc1ccc(CN(C)c2ccc3ccc(C(=O)N4CC[C@@H](N(C)C)C4)cn23)cc1. The van der Waals surface area contributed by atoms with Gasteiger partial charge in [-0.3, -0.25) is 4.79 Å². The van der Waals surface area contributed by atoms with Gasteiger partial charge in [-0.05, 0) is 62.5 Å². The van der Waals surface area contributed by atoms with Crippen molar-refractivity contribution in [2.75, 3.05) is 46.2 Å². The van der Waals surface area contributed by atoms with E-state index < -0.39 is 0 Å². The Morgan fingerprint density at radius 3 is 2.47 bits per heavy atom. The van der Waals surface area contributed by atoms with Gasteiger partial charge in [0.25, 0.3) is 5.91 Å². The number of benzene rings is 1. The van der Waals surface area contributed by atoms with Gasteiger partial charge in [-0.15, -0.1) is 0 Å². The smallest absolute Gasteiger partial charge is 0.255 e.